The molecular weight excluding hydrogens is 301 g/mol. The molecule has 0 radical (unpaired) electrons. The average Bonchev–Trinajstić information content (AvgIpc) is 2.44. The third-order valence-corrected chi connectivity index (χ3v) is 4.73. The topological polar surface area (TPSA) is 12.0 Å². The highest BCUT2D eigenvalue weighted by molar-refractivity contribution is 6.42. The summed E-state index contributed by atoms with van der Waals surface area (Å²) in [6.07, 6.45) is 0. The Balaban J connectivity index is 2.59. The van der Waals surface area contributed by atoms with E-state index in [4.69, 9.17) is 23.2 Å². The third kappa shape index (κ3) is 3.42. The fourth-order valence-electron chi connectivity index (χ4n) is 2.63. The Morgan fingerprint density at radius 1 is 0.952 bits per heavy atom. The predicted octanol–water partition coefficient (Wildman–Crippen LogP) is 5.62. The molecule has 0 saturated carbocycles. The summed E-state index contributed by atoms with van der Waals surface area (Å²) in [6.45, 7) is 9.38. The molecule has 0 aromatic heterocycles. The number of rotatable bonds is 4. The molecule has 2 aromatic rings. The van der Waals surface area contributed by atoms with E-state index < -0.39 is 0 Å². The summed E-state index contributed by atoms with van der Waals surface area (Å²) in [5.74, 6) is 0. The number of nitrogens with one attached hydrogen (secondary N) is 1. The van der Waals surface area contributed by atoms with Gasteiger partial charge in [-0.25, -0.2) is 0 Å². The molecule has 21 heavy (non-hydrogen) atoms. The Morgan fingerprint density at radius 3 is 2.29 bits per heavy atom. The Kier molecular flexibility index (Phi) is 5.32. The van der Waals surface area contributed by atoms with Gasteiger partial charge < -0.3 is 5.32 Å². The minimum atomic E-state index is 0.0560. The van der Waals surface area contributed by atoms with E-state index in [1.54, 1.807) is 0 Å². The molecule has 0 fully saturated rings. The van der Waals surface area contributed by atoms with Crippen molar-refractivity contribution in [1.29, 1.82) is 0 Å². The lowest BCUT2D eigenvalue weighted by molar-refractivity contribution is 0.627. The van der Waals surface area contributed by atoms with Gasteiger partial charge in [0.15, 0.2) is 0 Å². The van der Waals surface area contributed by atoms with Gasteiger partial charge in [-0.3, -0.25) is 0 Å². The van der Waals surface area contributed by atoms with Crippen LogP contribution in [0.3, 0.4) is 0 Å². The van der Waals surface area contributed by atoms with Crippen LogP contribution in [0, 0.1) is 20.8 Å². The van der Waals surface area contributed by atoms with Crippen molar-refractivity contribution in [1.82, 2.24) is 5.32 Å². The zero-order valence-corrected chi connectivity index (χ0v) is 14.4. The molecule has 1 N–H and O–H groups in total. The first-order valence-corrected chi connectivity index (χ1v) is 7.96. The quantitative estimate of drug-likeness (QED) is 0.770. The van der Waals surface area contributed by atoms with Crippen LogP contribution >= 0.6 is 23.2 Å². The molecule has 0 aliphatic heterocycles. The summed E-state index contributed by atoms with van der Waals surface area (Å²) < 4.78 is 0. The van der Waals surface area contributed by atoms with Crippen LogP contribution in [0.25, 0.3) is 0 Å². The van der Waals surface area contributed by atoms with Gasteiger partial charge in [-0.15, -0.1) is 0 Å². The number of halogens is 2. The number of aryl methyl sites for hydroxylation is 3. The van der Waals surface area contributed by atoms with Gasteiger partial charge in [0.1, 0.15) is 0 Å². The molecule has 0 aliphatic rings. The van der Waals surface area contributed by atoms with Gasteiger partial charge in [-0.05, 0) is 61.2 Å². The average molecular weight is 322 g/mol. The minimum absolute atomic E-state index is 0.0560. The highest BCUT2D eigenvalue weighted by Crippen LogP contribution is 2.35. The molecule has 0 amide bonds. The van der Waals surface area contributed by atoms with Crippen molar-refractivity contribution in [2.24, 2.45) is 0 Å². The van der Waals surface area contributed by atoms with Crippen LogP contribution in [-0.4, -0.2) is 6.54 Å². The first-order valence-electron chi connectivity index (χ1n) is 7.20. The van der Waals surface area contributed by atoms with Crippen molar-refractivity contribution < 1.29 is 0 Å². The van der Waals surface area contributed by atoms with Crippen LogP contribution in [0.1, 0.15) is 40.8 Å². The van der Waals surface area contributed by atoms with Gasteiger partial charge in [-0.1, -0.05) is 54.4 Å². The molecule has 1 unspecified atom stereocenters. The zero-order chi connectivity index (χ0) is 15.6. The lowest BCUT2D eigenvalue weighted by Crippen LogP contribution is -2.23. The highest BCUT2D eigenvalue weighted by atomic mass is 35.5. The Bertz CT molecular complexity index is 650. The maximum Gasteiger partial charge on any atom is 0.0643 e. The Labute approximate surface area is 137 Å². The van der Waals surface area contributed by atoms with Crippen molar-refractivity contribution >= 4 is 23.2 Å². The lowest BCUT2D eigenvalue weighted by atomic mass is 9.91. The minimum Gasteiger partial charge on any atom is -0.306 e. The van der Waals surface area contributed by atoms with Gasteiger partial charge in [-0.2, -0.15) is 0 Å². The van der Waals surface area contributed by atoms with E-state index >= 15 is 0 Å². The summed E-state index contributed by atoms with van der Waals surface area (Å²) in [6, 6.07) is 10.3. The zero-order valence-electron chi connectivity index (χ0n) is 12.9. The summed E-state index contributed by atoms with van der Waals surface area (Å²) in [5, 5.41) is 4.75. The molecule has 1 nitrogen and oxygen atoms in total. The molecule has 3 heteroatoms. The van der Waals surface area contributed by atoms with Crippen LogP contribution in [0.2, 0.25) is 10.0 Å². The molecule has 1 atom stereocenters. The van der Waals surface area contributed by atoms with Crippen LogP contribution in [0.5, 0.6) is 0 Å². The van der Waals surface area contributed by atoms with E-state index in [1.165, 1.54) is 22.3 Å². The predicted molar refractivity (Wildman–Crippen MR) is 92.6 cm³/mol. The molecule has 0 saturated heterocycles. The van der Waals surface area contributed by atoms with Crippen molar-refractivity contribution in [2.45, 2.75) is 33.7 Å². The second-order valence-electron chi connectivity index (χ2n) is 5.43. The third-order valence-electron chi connectivity index (χ3n) is 3.89. The monoisotopic (exact) mass is 321 g/mol. The van der Waals surface area contributed by atoms with Crippen molar-refractivity contribution in [2.75, 3.05) is 6.54 Å². The largest absolute Gasteiger partial charge is 0.306 e. The molecule has 0 bridgehead atoms. The van der Waals surface area contributed by atoms with Crippen molar-refractivity contribution in [3.05, 3.63) is 68.2 Å². The van der Waals surface area contributed by atoms with Crippen LogP contribution in [-0.2, 0) is 0 Å². The second kappa shape index (κ2) is 6.83. The smallest absolute Gasteiger partial charge is 0.0643 e. The van der Waals surface area contributed by atoms with E-state index in [-0.39, 0.29) is 6.04 Å². The number of hydrogen-bond donors (Lipinski definition) is 1. The summed E-state index contributed by atoms with van der Waals surface area (Å²) in [5.41, 5.74) is 6.14. The summed E-state index contributed by atoms with van der Waals surface area (Å²) >= 11 is 12.6. The van der Waals surface area contributed by atoms with Crippen molar-refractivity contribution in [3.8, 4) is 0 Å². The lowest BCUT2D eigenvalue weighted by Gasteiger charge is -2.23. The van der Waals surface area contributed by atoms with Crippen LogP contribution in [0.4, 0.5) is 0 Å². The van der Waals surface area contributed by atoms with E-state index in [0.29, 0.717) is 10.0 Å². The maximum absolute atomic E-state index is 6.43. The molecule has 0 aliphatic carbocycles. The van der Waals surface area contributed by atoms with Crippen LogP contribution < -0.4 is 5.32 Å². The number of hydrogen-bond acceptors (Lipinski definition) is 1. The van der Waals surface area contributed by atoms with Crippen LogP contribution in [0.15, 0.2) is 30.3 Å². The van der Waals surface area contributed by atoms with Gasteiger partial charge in [0.25, 0.3) is 0 Å². The van der Waals surface area contributed by atoms with E-state index in [1.807, 2.05) is 18.2 Å². The Hall–Kier alpha value is -1.02. The highest BCUT2D eigenvalue weighted by Gasteiger charge is 2.19. The molecular formula is C18H21Cl2N. The van der Waals surface area contributed by atoms with Gasteiger partial charge in [0.2, 0.25) is 0 Å². The van der Waals surface area contributed by atoms with E-state index in [2.05, 4.69) is 45.1 Å². The van der Waals surface area contributed by atoms with E-state index in [0.717, 1.165) is 12.1 Å². The van der Waals surface area contributed by atoms with Gasteiger partial charge >= 0.3 is 0 Å². The summed E-state index contributed by atoms with van der Waals surface area (Å²) in [4.78, 5) is 0. The van der Waals surface area contributed by atoms with Gasteiger partial charge in [0.05, 0.1) is 16.1 Å². The molecule has 0 heterocycles. The summed E-state index contributed by atoms with van der Waals surface area (Å²) in [7, 11) is 0. The van der Waals surface area contributed by atoms with Gasteiger partial charge in [0, 0.05) is 0 Å². The first kappa shape index (κ1) is 16.4. The molecule has 2 aromatic carbocycles. The van der Waals surface area contributed by atoms with E-state index in [9.17, 15) is 0 Å². The fraction of sp³-hybridized carbons (Fsp3) is 0.333. The molecule has 112 valence electrons. The standard InChI is InChI=1S/C18H21Cl2N/c1-5-21-18(14-7-6-8-16(19)17(14)20)15-10-12(3)11(2)9-13(15)4/h6-10,18,21H,5H2,1-4H3. The first-order chi connectivity index (χ1) is 9.95. The Morgan fingerprint density at radius 2 is 1.62 bits per heavy atom. The molecule has 2 rings (SSSR count). The SMILES string of the molecule is CCNC(c1cc(C)c(C)cc1C)c1cccc(Cl)c1Cl. The fourth-order valence-corrected chi connectivity index (χ4v) is 3.05. The van der Waals surface area contributed by atoms with Crippen molar-refractivity contribution in [3.63, 3.8) is 0 Å². The molecule has 0 spiro atoms. The number of benzene rings is 2. The maximum atomic E-state index is 6.43. The second-order valence-corrected chi connectivity index (χ2v) is 6.21. The normalized spacial score (nSPS) is 12.5.